The van der Waals surface area contributed by atoms with Crippen LogP contribution in [0.5, 0.6) is 5.75 Å². The molecule has 4 rings (SSSR count). The van der Waals surface area contributed by atoms with Crippen LogP contribution in [0.1, 0.15) is 52.0 Å². The van der Waals surface area contributed by atoms with E-state index in [0.29, 0.717) is 0 Å². The summed E-state index contributed by atoms with van der Waals surface area (Å²) in [5.74, 6) is 0.934. The number of hydrogen-bond donors (Lipinski definition) is 0. The van der Waals surface area contributed by atoms with E-state index in [1.807, 2.05) is 31.7 Å². The fraction of sp³-hybridized carbons (Fsp3) is 0.520. The van der Waals surface area contributed by atoms with E-state index in [2.05, 4.69) is 53.4 Å². The van der Waals surface area contributed by atoms with Gasteiger partial charge in [0.25, 0.3) is 0 Å². The maximum absolute atomic E-state index is 12.2. The second-order valence-electron chi connectivity index (χ2n) is 9.85. The molecule has 1 aromatic heterocycles. The van der Waals surface area contributed by atoms with Crippen LogP contribution < -0.4 is 9.30 Å². The average Bonchev–Trinajstić information content (AvgIpc) is 2.68. The van der Waals surface area contributed by atoms with Crippen LogP contribution in [-0.4, -0.2) is 35.8 Å². The Bertz CT molecular complexity index is 842. The molecule has 0 unspecified atom stereocenters. The van der Waals surface area contributed by atoms with Gasteiger partial charge in [0, 0.05) is 36.2 Å². The lowest BCUT2D eigenvalue weighted by Crippen LogP contribution is -2.60. The first-order chi connectivity index (χ1) is 14.3. The molecule has 1 saturated carbocycles. The first-order valence-electron chi connectivity index (χ1n) is 11.0. The molecular formula is C25H33N2O3+. The second-order valence-corrected chi connectivity index (χ2v) is 9.85. The number of carbonyl (C=O) groups excluding carboxylic acids is 1. The van der Waals surface area contributed by atoms with Crippen LogP contribution in [0.25, 0.3) is 0 Å². The van der Waals surface area contributed by atoms with Crippen LogP contribution in [0.15, 0.2) is 54.9 Å². The van der Waals surface area contributed by atoms with Gasteiger partial charge in [-0.2, -0.15) is 0 Å². The Morgan fingerprint density at radius 3 is 2.30 bits per heavy atom. The van der Waals surface area contributed by atoms with Gasteiger partial charge in [0.1, 0.15) is 11.4 Å². The van der Waals surface area contributed by atoms with E-state index in [1.54, 1.807) is 0 Å². The van der Waals surface area contributed by atoms with Gasteiger partial charge in [-0.25, -0.2) is 9.36 Å². The average molecular weight is 410 g/mol. The second kappa shape index (κ2) is 8.29. The maximum atomic E-state index is 12.2. The molecule has 1 amide bonds. The molecule has 1 spiro atoms. The summed E-state index contributed by atoms with van der Waals surface area (Å²) in [4.78, 5) is 14.0. The van der Waals surface area contributed by atoms with Gasteiger partial charge in [0.05, 0.1) is 6.10 Å². The number of benzene rings is 1. The molecule has 1 saturated heterocycles. The summed E-state index contributed by atoms with van der Waals surface area (Å²) in [6.45, 7) is 8.24. The lowest BCUT2D eigenvalue weighted by molar-refractivity contribution is -0.688. The summed E-state index contributed by atoms with van der Waals surface area (Å²) in [5, 5.41) is 0. The standard InChI is InChI=1S/C25H33N2O3/c1-24(2,3)30-23(28)27-18-25(19-27)13-9-21(10-14-25)29-22-11-15-26(16-12-22)17-20-7-5-4-6-8-20/h4-8,11-12,15-16,21H,9-10,13-14,17-19H2,1-3H3/q+1. The quantitative estimate of drug-likeness (QED) is 0.694. The summed E-state index contributed by atoms with van der Waals surface area (Å²) >= 11 is 0. The van der Waals surface area contributed by atoms with Crippen molar-refractivity contribution in [2.75, 3.05) is 13.1 Å². The number of nitrogens with zero attached hydrogens (tertiary/aromatic N) is 2. The Kier molecular flexibility index (Phi) is 5.72. The fourth-order valence-corrected chi connectivity index (χ4v) is 4.47. The Morgan fingerprint density at radius 1 is 1.07 bits per heavy atom. The van der Waals surface area contributed by atoms with Crippen molar-refractivity contribution < 1.29 is 18.8 Å². The molecule has 160 valence electrons. The zero-order valence-corrected chi connectivity index (χ0v) is 18.3. The third-order valence-corrected chi connectivity index (χ3v) is 6.07. The number of aromatic nitrogens is 1. The number of hydrogen-bond acceptors (Lipinski definition) is 3. The first kappa shape index (κ1) is 20.7. The van der Waals surface area contributed by atoms with E-state index in [4.69, 9.17) is 9.47 Å². The van der Waals surface area contributed by atoms with Crippen LogP contribution >= 0.6 is 0 Å². The van der Waals surface area contributed by atoms with Gasteiger partial charge in [-0.05, 0) is 46.5 Å². The topological polar surface area (TPSA) is 42.6 Å². The largest absolute Gasteiger partial charge is 0.490 e. The van der Waals surface area contributed by atoms with Crippen molar-refractivity contribution in [2.24, 2.45) is 5.41 Å². The van der Waals surface area contributed by atoms with Crippen molar-refractivity contribution in [3.63, 3.8) is 0 Å². The Labute approximate surface area is 179 Å². The number of rotatable bonds is 4. The molecule has 5 nitrogen and oxygen atoms in total. The van der Waals surface area contributed by atoms with E-state index in [1.165, 1.54) is 5.56 Å². The van der Waals surface area contributed by atoms with Gasteiger partial charge in [-0.1, -0.05) is 30.3 Å². The highest BCUT2D eigenvalue weighted by Crippen LogP contribution is 2.45. The minimum atomic E-state index is -0.430. The Balaban J connectivity index is 1.22. The normalized spacial score (nSPS) is 18.7. The molecule has 0 radical (unpaired) electrons. The SMILES string of the molecule is CC(C)(C)OC(=O)N1CC2(CCC(Oc3cc[n+](Cc4ccccc4)cc3)CC2)C1. The molecule has 2 heterocycles. The number of amides is 1. The fourth-order valence-electron chi connectivity index (χ4n) is 4.47. The van der Waals surface area contributed by atoms with Crippen molar-refractivity contribution in [3.05, 3.63) is 60.4 Å². The number of ether oxygens (including phenoxy) is 2. The predicted octanol–water partition coefficient (Wildman–Crippen LogP) is 4.58. The molecular weight excluding hydrogens is 376 g/mol. The van der Waals surface area contributed by atoms with Crippen molar-refractivity contribution in [2.45, 2.75) is 64.7 Å². The van der Waals surface area contributed by atoms with Gasteiger partial charge in [-0.3, -0.25) is 0 Å². The van der Waals surface area contributed by atoms with E-state index < -0.39 is 5.60 Å². The Hall–Kier alpha value is -2.56. The third-order valence-electron chi connectivity index (χ3n) is 6.07. The van der Waals surface area contributed by atoms with Gasteiger partial charge >= 0.3 is 6.09 Å². The van der Waals surface area contributed by atoms with Crippen LogP contribution in [-0.2, 0) is 11.3 Å². The Morgan fingerprint density at radius 2 is 1.70 bits per heavy atom. The van der Waals surface area contributed by atoms with Crippen LogP contribution in [0.3, 0.4) is 0 Å². The summed E-state index contributed by atoms with van der Waals surface area (Å²) in [6.07, 6.45) is 8.54. The zero-order chi connectivity index (χ0) is 21.2. The van der Waals surface area contributed by atoms with E-state index in [9.17, 15) is 4.79 Å². The number of pyridine rings is 1. The van der Waals surface area contributed by atoms with Gasteiger partial charge in [0.15, 0.2) is 18.9 Å². The lowest BCUT2D eigenvalue weighted by atomic mass is 9.68. The molecule has 1 aliphatic carbocycles. The predicted molar refractivity (Wildman–Crippen MR) is 115 cm³/mol. The molecule has 5 heteroatoms. The highest BCUT2D eigenvalue weighted by Gasteiger charge is 2.48. The van der Waals surface area contributed by atoms with E-state index >= 15 is 0 Å². The first-order valence-corrected chi connectivity index (χ1v) is 11.0. The highest BCUT2D eigenvalue weighted by atomic mass is 16.6. The molecule has 30 heavy (non-hydrogen) atoms. The molecule has 1 aliphatic heterocycles. The van der Waals surface area contributed by atoms with E-state index in [0.717, 1.165) is 51.1 Å². The van der Waals surface area contributed by atoms with Gasteiger partial charge < -0.3 is 14.4 Å². The molecule has 0 atom stereocenters. The lowest BCUT2D eigenvalue weighted by Gasteiger charge is -2.53. The minimum absolute atomic E-state index is 0.181. The van der Waals surface area contributed by atoms with Gasteiger partial charge in [0.2, 0.25) is 0 Å². The summed E-state index contributed by atoms with van der Waals surface area (Å²) in [5.41, 5.74) is 1.13. The minimum Gasteiger partial charge on any atom is -0.490 e. The zero-order valence-electron chi connectivity index (χ0n) is 18.3. The van der Waals surface area contributed by atoms with Crippen molar-refractivity contribution >= 4 is 6.09 Å². The molecule has 0 N–H and O–H groups in total. The number of carbonyl (C=O) groups is 1. The van der Waals surface area contributed by atoms with Crippen LogP contribution in [0.4, 0.5) is 4.79 Å². The summed E-state index contributed by atoms with van der Waals surface area (Å²) < 4.78 is 13.9. The van der Waals surface area contributed by atoms with Crippen molar-refractivity contribution in [1.29, 1.82) is 0 Å². The third kappa shape index (κ3) is 5.13. The molecule has 2 aromatic rings. The molecule has 0 bridgehead atoms. The highest BCUT2D eigenvalue weighted by molar-refractivity contribution is 5.69. The molecule has 1 aromatic carbocycles. The van der Waals surface area contributed by atoms with Crippen LogP contribution in [0, 0.1) is 5.41 Å². The molecule has 2 fully saturated rings. The molecule has 2 aliphatic rings. The smallest absolute Gasteiger partial charge is 0.410 e. The summed E-state index contributed by atoms with van der Waals surface area (Å²) in [7, 11) is 0. The summed E-state index contributed by atoms with van der Waals surface area (Å²) in [6, 6.07) is 14.6. The van der Waals surface area contributed by atoms with Crippen LogP contribution in [0.2, 0.25) is 0 Å². The maximum Gasteiger partial charge on any atom is 0.410 e. The van der Waals surface area contributed by atoms with Crippen molar-refractivity contribution in [3.8, 4) is 5.75 Å². The number of likely N-dealkylation sites (tertiary alicyclic amines) is 1. The van der Waals surface area contributed by atoms with E-state index in [-0.39, 0.29) is 17.6 Å². The van der Waals surface area contributed by atoms with Crippen molar-refractivity contribution in [1.82, 2.24) is 4.90 Å². The van der Waals surface area contributed by atoms with Gasteiger partial charge in [-0.15, -0.1) is 0 Å². The monoisotopic (exact) mass is 409 g/mol.